The fraction of sp³-hybridized carbons (Fsp3) is 0.389. The number of aromatic nitrogens is 1. The summed E-state index contributed by atoms with van der Waals surface area (Å²) in [5.41, 5.74) is 2.47. The van der Waals surface area contributed by atoms with Crippen LogP contribution in [0.15, 0.2) is 54.7 Å². The van der Waals surface area contributed by atoms with Crippen LogP contribution >= 0.6 is 0 Å². The lowest BCUT2D eigenvalue weighted by Crippen LogP contribution is -2.25. The Hall–Kier alpha value is -1.67. The standard InChI is InChI=1S/C18H24N2/c1-3-4-12-18(16-10-6-5-7-11-16)20-15(2)17-13-8-9-14-19-17/h5-11,13-15,18,20H,3-4,12H2,1-2H3/t15-,18?/m0/s1. The Balaban J connectivity index is 2.08. The van der Waals surface area contributed by atoms with Crippen molar-refractivity contribution in [1.29, 1.82) is 0 Å². The average molecular weight is 268 g/mol. The molecule has 0 saturated carbocycles. The highest BCUT2D eigenvalue weighted by Crippen LogP contribution is 2.23. The van der Waals surface area contributed by atoms with Crippen LogP contribution < -0.4 is 5.32 Å². The summed E-state index contributed by atoms with van der Waals surface area (Å²) in [5, 5.41) is 3.72. The molecule has 0 amide bonds. The van der Waals surface area contributed by atoms with Crippen molar-refractivity contribution in [2.45, 2.75) is 45.2 Å². The second-order valence-corrected chi connectivity index (χ2v) is 5.25. The van der Waals surface area contributed by atoms with E-state index in [1.54, 1.807) is 0 Å². The third-order valence-corrected chi connectivity index (χ3v) is 3.63. The Labute approximate surface area is 122 Å². The summed E-state index contributed by atoms with van der Waals surface area (Å²) in [6, 6.07) is 17.5. The molecule has 2 atom stereocenters. The quantitative estimate of drug-likeness (QED) is 0.789. The van der Waals surface area contributed by atoms with Crippen molar-refractivity contribution >= 4 is 0 Å². The first-order valence-corrected chi connectivity index (χ1v) is 7.53. The van der Waals surface area contributed by atoms with Gasteiger partial charge in [-0.3, -0.25) is 4.98 Å². The van der Waals surface area contributed by atoms with Crippen molar-refractivity contribution < 1.29 is 0 Å². The molecule has 1 aromatic heterocycles. The summed E-state index contributed by atoms with van der Waals surface area (Å²) in [5.74, 6) is 0. The number of rotatable bonds is 7. The molecule has 2 heteroatoms. The Morgan fingerprint density at radius 3 is 2.45 bits per heavy atom. The van der Waals surface area contributed by atoms with Crippen molar-refractivity contribution in [1.82, 2.24) is 10.3 Å². The van der Waals surface area contributed by atoms with Gasteiger partial charge in [0.05, 0.1) is 5.69 Å². The number of unbranched alkanes of at least 4 members (excludes halogenated alkanes) is 1. The second-order valence-electron chi connectivity index (χ2n) is 5.25. The van der Waals surface area contributed by atoms with E-state index in [2.05, 4.69) is 60.5 Å². The van der Waals surface area contributed by atoms with Crippen LogP contribution in [-0.4, -0.2) is 4.98 Å². The molecule has 2 aromatic rings. The molecule has 1 unspecified atom stereocenters. The predicted octanol–water partition coefficient (Wildman–Crippen LogP) is 4.66. The maximum absolute atomic E-state index is 4.44. The Morgan fingerprint density at radius 2 is 1.80 bits per heavy atom. The van der Waals surface area contributed by atoms with Gasteiger partial charge in [0.2, 0.25) is 0 Å². The SMILES string of the molecule is CCCCC(N[C@@H](C)c1ccccn1)c1ccccc1. The maximum Gasteiger partial charge on any atom is 0.0570 e. The zero-order valence-electron chi connectivity index (χ0n) is 12.4. The summed E-state index contributed by atoms with van der Waals surface area (Å²) >= 11 is 0. The number of pyridine rings is 1. The first-order valence-electron chi connectivity index (χ1n) is 7.53. The van der Waals surface area contributed by atoms with E-state index >= 15 is 0 Å². The largest absolute Gasteiger partial charge is 0.302 e. The van der Waals surface area contributed by atoms with E-state index in [0.717, 1.165) is 12.1 Å². The van der Waals surface area contributed by atoms with E-state index in [4.69, 9.17) is 0 Å². The molecule has 0 fully saturated rings. The van der Waals surface area contributed by atoms with Crippen LogP contribution in [0.3, 0.4) is 0 Å². The zero-order chi connectivity index (χ0) is 14.2. The Morgan fingerprint density at radius 1 is 1.05 bits per heavy atom. The molecule has 20 heavy (non-hydrogen) atoms. The normalized spacial score (nSPS) is 13.9. The van der Waals surface area contributed by atoms with Gasteiger partial charge >= 0.3 is 0 Å². The molecule has 0 aliphatic carbocycles. The number of nitrogens with one attached hydrogen (secondary N) is 1. The van der Waals surface area contributed by atoms with Gasteiger partial charge in [-0.25, -0.2) is 0 Å². The van der Waals surface area contributed by atoms with E-state index in [1.807, 2.05) is 18.3 Å². The van der Waals surface area contributed by atoms with Gasteiger partial charge in [-0.15, -0.1) is 0 Å². The van der Waals surface area contributed by atoms with Crippen molar-refractivity contribution in [2.24, 2.45) is 0 Å². The molecule has 0 bridgehead atoms. The van der Waals surface area contributed by atoms with Gasteiger partial charge in [0, 0.05) is 18.3 Å². The van der Waals surface area contributed by atoms with Gasteiger partial charge in [-0.1, -0.05) is 56.2 Å². The average Bonchev–Trinajstić information content (AvgIpc) is 2.53. The number of nitrogens with zero attached hydrogens (tertiary/aromatic N) is 1. The van der Waals surface area contributed by atoms with Crippen LogP contribution in [0.1, 0.15) is 56.5 Å². The molecule has 0 saturated heterocycles. The van der Waals surface area contributed by atoms with E-state index in [9.17, 15) is 0 Å². The fourth-order valence-corrected chi connectivity index (χ4v) is 2.46. The van der Waals surface area contributed by atoms with E-state index < -0.39 is 0 Å². The molecule has 1 aromatic carbocycles. The smallest absolute Gasteiger partial charge is 0.0570 e. The van der Waals surface area contributed by atoms with Crippen molar-refractivity contribution in [3.63, 3.8) is 0 Å². The van der Waals surface area contributed by atoms with Crippen LogP contribution in [0.25, 0.3) is 0 Å². The molecule has 0 aliphatic rings. The third kappa shape index (κ3) is 4.17. The lowest BCUT2D eigenvalue weighted by atomic mass is 10.00. The van der Waals surface area contributed by atoms with Gasteiger partial charge in [0.1, 0.15) is 0 Å². The number of hydrogen-bond acceptors (Lipinski definition) is 2. The van der Waals surface area contributed by atoms with Gasteiger partial charge in [0.15, 0.2) is 0 Å². The van der Waals surface area contributed by atoms with Crippen molar-refractivity contribution in [3.8, 4) is 0 Å². The van der Waals surface area contributed by atoms with Gasteiger partial charge < -0.3 is 5.32 Å². The van der Waals surface area contributed by atoms with Crippen LogP contribution in [-0.2, 0) is 0 Å². The van der Waals surface area contributed by atoms with Crippen LogP contribution in [0, 0.1) is 0 Å². The molecule has 106 valence electrons. The van der Waals surface area contributed by atoms with E-state index in [0.29, 0.717) is 6.04 Å². The van der Waals surface area contributed by atoms with Crippen LogP contribution in [0.2, 0.25) is 0 Å². The Kier molecular flexibility index (Phi) is 5.75. The molecule has 0 spiro atoms. The van der Waals surface area contributed by atoms with Crippen LogP contribution in [0.4, 0.5) is 0 Å². The molecule has 2 nitrogen and oxygen atoms in total. The van der Waals surface area contributed by atoms with Gasteiger partial charge in [0.25, 0.3) is 0 Å². The van der Waals surface area contributed by atoms with Crippen molar-refractivity contribution in [2.75, 3.05) is 0 Å². The topological polar surface area (TPSA) is 24.9 Å². The van der Waals surface area contributed by atoms with Gasteiger partial charge in [-0.05, 0) is 31.0 Å². The van der Waals surface area contributed by atoms with E-state index in [1.165, 1.54) is 18.4 Å². The summed E-state index contributed by atoms with van der Waals surface area (Å²) in [6.07, 6.45) is 5.49. The molecule has 0 aliphatic heterocycles. The summed E-state index contributed by atoms with van der Waals surface area (Å²) in [6.45, 7) is 4.43. The minimum Gasteiger partial charge on any atom is -0.302 e. The molecule has 2 rings (SSSR count). The van der Waals surface area contributed by atoms with E-state index in [-0.39, 0.29) is 6.04 Å². The fourth-order valence-electron chi connectivity index (χ4n) is 2.46. The summed E-state index contributed by atoms with van der Waals surface area (Å²) in [7, 11) is 0. The van der Waals surface area contributed by atoms with Crippen molar-refractivity contribution in [3.05, 3.63) is 66.0 Å². The lowest BCUT2D eigenvalue weighted by molar-refractivity contribution is 0.426. The highest BCUT2D eigenvalue weighted by Gasteiger charge is 2.15. The molecule has 1 heterocycles. The number of benzene rings is 1. The molecular weight excluding hydrogens is 244 g/mol. The molecule has 1 N–H and O–H groups in total. The predicted molar refractivity (Wildman–Crippen MR) is 84.5 cm³/mol. The highest BCUT2D eigenvalue weighted by molar-refractivity contribution is 5.19. The Bertz CT molecular complexity index is 481. The maximum atomic E-state index is 4.44. The number of hydrogen-bond donors (Lipinski definition) is 1. The highest BCUT2D eigenvalue weighted by atomic mass is 15.0. The third-order valence-electron chi connectivity index (χ3n) is 3.63. The lowest BCUT2D eigenvalue weighted by Gasteiger charge is -2.23. The molecule has 0 radical (unpaired) electrons. The minimum absolute atomic E-state index is 0.262. The van der Waals surface area contributed by atoms with Gasteiger partial charge in [-0.2, -0.15) is 0 Å². The zero-order valence-corrected chi connectivity index (χ0v) is 12.4. The minimum atomic E-state index is 0.262. The second kappa shape index (κ2) is 7.81. The molecular formula is C18H24N2. The first kappa shape index (κ1) is 14.7. The first-order chi connectivity index (χ1) is 9.81. The summed E-state index contributed by atoms with van der Waals surface area (Å²) < 4.78 is 0. The van der Waals surface area contributed by atoms with Crippen LogP contribution in [0.5, 0.6) is 0 Å². The monoisotopic (exact) mass is 268 g/mol. The summed E-state index contributed by atoms with van der Waals surface area (Å²) in [4.78, 5) is 4.44.